The van der Waals surface area contributed by atoms with Gasteiger partial charge in [-0.15, -0.1) is 10.2 Å². The van der Waals surface area contributed by atoms with Gasteiger partial charge in [0.2, 0.25) is 17.7 Å². The van der Waals surface area contributed by atoms with E-state index < -0.39 is 6.10 Å². The van der Waals surface area contributed by atoms with Crippen LogP contribution in [0.1, 0.15) is 25.6 Å². The lowest BCUT2D eigenvalue weighted by molar-refractivity contribution is 0.0761. The zero-order chi connectivity index (χ0) is 17.8. The SMILES string of the molecule is CCOc1cc(N2CC(N(CC)Cc3nnc(C)o3)[C@H](O)C2)ncn1. The predicted octanol–water partition coefficient (Wildman–Crippen LogP) is 0.638. The van der Waals surface area contributed by atoms with Gasteiger partial charge in [0.1, 0.15) is 12.1 Å². The molecule has 2 atom stereocenters. The minimum absolute atomic E-state index is 0.0392. The molecule has 0 aromatic carbocycles. The van der Waals surface area contributed by atoms with Crippen molar-refractivity contribution in [3.05, 3.63) is 24.2 Å². The van der Waals surface area contributed by atoms with Gasteiger partial charge in [-0.05, 0) is 13.5 Å². The second-order valence-corrected chi connectivity index (χ2v) is 5.97. The van der Waals surface area contributed by atoms with Gasteiger partial charge >= 0.3 is 0 Å². The molecule has 136 valence electrons. The molecule has 0 saturated carbocycles. The third-order valence-electron chi connectivity index (χ3n) is 4.28. The van der Waals surface area contributed by atoms with Crippen molar-refractivity contribution in [3.63, 3.8) is 0 Å². The van der Waals surface area contributed by atoms with Gasteiger partial charge in [-0.1, -0.05) is 6.92 Å². The Morgan fingerprint density at radius 1 is 1.32 bits per heavy atom. The molecule has 2 aromatic rings. The Morgan fingerprint density at radius 2 is 2.16 bits per heavy atom. The van der Waals surface area contributed by atoms with Crippen LogP contribution in [-0.4, -0.2) is 68.6 Å². The summed E-state index contributed by atoms with van der Waals surface area (Å²) in [6, 6.07) is 1.76. The summed E-state index contributed by atoms with van der Waals surface area (Å²) < 4.78 is 10.9. The van der Waals surface area contributed by atoms with E-state index in [1.165, 1.54) is 6.33 Å². The van der Waals surface area contributed by atoms with E-state index in [9.17, 15) is 5.11 Å². The Bertz CT molecular complexity index is 694. The number of aromatic nitrogens is 4. The highest BCUT2D eigenvalue weighted by Crippen LogP contribution is 2.24. The molecule has 9 heteroatoms. The average molecular weight is 348 g/mol. The highest BCUT2D eigenvalue weighted by atomic mass is 16.5. The highest BCUT2D eigenvalue weighted by molar-refractivity contribution is 5.43. The first-order valence-electron chi connectivity index (χ1n) is 8.51. The monoisotopic (exact) mass is 348 g/mol. The fourth-order valence-corrected chi connectivity index (χ4v) is 3.08. The van der Waals surface area contributed by atoms with Crippen LogP contribution in [0.2, 0.25) is 0 Å². The normalized spacial score (nSPS) is 20.4. The van der Waals surface area contributed by atoms with Gasteiger partial charge < -0.3 is 19.2 Å². The topological polar surface area (TPSA) is 101 Å². The van der Waals surface area contributed by atoms with Crippen molar-refractivity contribution in [1.82, 2.24) is 25.1 Å². The van der Waals surface area contributed by atoms with Crippen molar-refractivity contribution < 1.29 is 14.3 Å². The molecular weight excluding hydrogens is 324 g/mol. The van der Waals surface area contributed by atoms with E-state index in [2.05, 4.69) is 32.0 Å². The smallest absolute Gasteiger partial charge is 0.230 e. The number of anilines is 1. The number of nitrogens with zero attached hydrogens (tertiary/aromatic N) is 6. The molecule has 0 radical (unpaired) electrons. The Morgan fingerprint density at radius 3 is 2.84 bits per heavy atom. The first-order valence-corrected chi connectivity index (χ1v) is 8.51. The van der Waals surface area contributed by atoms with Gasteiger partial charge in [-0.25, -0.2) is 9.97 Å². The second-order valence-electron chi connectivity index (χ2n) is 5.97. The summed E-state index contributed by atoms with van der Waals surface area (Å²) in [6.07, 6.45) is 0.994. The van der Waals surface area contributed by atoms with E-state index in [0.717, 1.165) is 12.4 Å². The van der Waals surface area contributed by atoms with Crippen LogP contribution in [0.3, 0.4) is 0 Å². The summed E-state index contributed by atoms with van der Waals surface area (Å²) in [4.78, 5) is 12.6. The number of aliphatic hydroxyl groups is 1. The quantitative estimate of drug-likeness (QED) is 0.772. The van der Waals surface area contributed by atoms with Crippen molar-refractivity contribution in [1.29, 1.82) is 0 Å². The highest BCUT2D eigenvalue weighted by Gasteiger charge is 2.36. The molecule has 0 bridgehead atoms. The largest absolute Gasteiger partial charge is 0.478 e. The number of aliphatic hydroxyl groups excluding tert-OH is 1. The van der Waals surface area contributed by atoms with Crippen molar-refractivity contribution in [2.24, 2.45) is 0 Å². The van der Waals surface area contributed by atoms with Crippen LogP contribution in [0.15, 0.2) is 16.8 Å². The molecule has 0 aliphatic carbocycles. The van der Waals surface area contributed by atoms with Crippen molar-refractivity contribution >= 4 is 5.82 Å². The van der Waals surface area contributed by atoms with E-state index >= 15 is 0 Å². The maximum absolute atomic E-state index is 10.6. The molecule has 2 aromatic heterocycles. The molecule has 0 amide bonds. The molecule has 1 aliphatic heterocycles. The minimum atomic E-state index is -0.491. The lowest BCUT2D eigenvalue weighted by Crippen LogP contribution is -2.42. The second kappa shape index (κ2) is 7.75. The van der Waals surface area contributed by atoms with E-state index in [4.69, 9.17) is 9.15 Å². The zero-order valence-electron chi connectivity index (χ0n) is 14.8. The van der Waals surface area contributed by atoms with Crippen LogP contribution in [0.5, 0.6) is 5.88 Å². The fraction of sp³-hybridized carbons (Fsp3) is 0.625. The van der Waals surface area contributed by atoms with Crippen LogP contribution in [0, 0.1) is 6.92 Å². The van der Waals surface area contributed by atoms with Crippen molar-refractivity contribution in [2.75, 3.05) is 31.1 Å². The molecule has 3 rings (SSSR count). The van der Waals surface area contributed by atoms with E-state index in [1.807, 2.05) is 11.8 Å². The number of aryl methyl sites for hydroxylation is 1. The maximum Gasteiger partial charge on any atom is 0.230 e. The Labute approximate surface area is 146 Å². The summed E-state index contributed by atoms with van der Waals surface area (Å²) in [7, 11) is 0. The van der Waals surface area contributed by atoms with Crippen molar-refractivity contribution in [2.45, 2.75) is 39.5 Å². The summed E-state index contributed by atoms with van der Waals surface area (Å²) >= 11 is 0. The maximum atomic E-state index is 10.6. The van der Waals surface area contributed by atoms with Crippen LogP contribution in [-0.2, 0) is 6.54 Å². The molecule has 9 nitrogen and oxygen atoms in total. The van der Waals surface area contributed by atoms with Gasteiger partial charge in [-0.2, -0.15) is 0 Å². The third-order valence-corrected chi connectivity index (χ3v) is 4.28. The van der Waals surface area contributed by atoms with E-state index in [0.29, 0.717) is 43.9 Å². The van der Waals surface area contributed by atoms with Gasteiger partial charge in [0.05, 0.1) is 25.3 Å². The molecule has 1 N–H and O–H groups in total. The molecule has 25 heavy (non-hydrogen) atoms. The lowest BCUT2D eigenvalue weighted by atomic mass is 10.2. The number of likely N-dealkylation sites (N-methyl/N-ethyl adjacent to an activating group) is 1. The molecule has 1 unspecified atom stereocenters. The number of rotatable bonds is 7. The number of ether oxygens (including phenoxy) is 1. The Balaban J connectivity index is 1.70. The standard InChI is InChI=1S/C16H24N6O3/c1-4-21(9-16-20-19-11(3)25-16)12-7-22(8-13(12)23)14-6-15(24-5-2)18-10-17-14/h6,10,12-13,23H,4-5,7-9H2,1-3H3/t12?,13-/m1/s1. The molecule has 0 spiro atoms. The predicted molar refractivity (Wildman–Crippen MR) is 90.3 cm³/mol. The lowest BCUT2D eigenvalue weighted by Gasteiger charge is -2.28. The van der Waals surface area contributed by atoms with E-state index in [-0.39, 0.29) is 6.04 Å². The van der Waals surface area contributed by atoms with Crippen LogP contribution in [0.25, 0.3) is 0 Å². The van der Waals surface area contributed by atoms with Crippen molar-refractivity contribution in [3.8, 4) is 5.88 Å². The van der Waals surface area contributed by atoms with Crippen LogP contribution < -0.4 is 9.64 Å². The summed E-state index contributed by atoms with van der Waals surface area (Å²) in [5.41, 5.74) is 0. The molecule has 1 fully saturated rings. The van der Waals surface area contributed by atoms with Gasteiger partial charge in [-0.3, -0.25) is 4.90 Å². The fourth-order valence-electron chi connectivity index (χ4n) is 3.08. The molecular formula is C16H24N6O3. The first-order chi connectivity index (χ1) is 12.1. The number of hydrogen-bond donors (Lipinski definition) is 1. The van der Waals surface area contributed by atoms with Crippen LogP contribution in [0.4, 0.5) is 5.82 Å². The van der Waals surface area contributed by atoms with Crippen LogP contribution >= 0.6 is 0 Å². The van der Waals surface area contributed by atoms with Gasteiger partial charge in [0, 0.05) is 26.1 Å². The molecule has 1 aliphatic rings. The summed E-state index contributed by atoms with van der Waals surface area (Å²) in [6.45, 7) is 8.73. The summed E-state index contributed by atoms with van der Waals surface area (Å²) in [5, 5.41) is 18.5. The number of β-amino-alcohol motifs (C(OH)–C–C–N with tert-alkyl or cyclic N) is 1. The van der Waals surface area contributed by atoms with Gasteiger partial charge in [0.15, 0.2) is 0 Å². The van der Waals surface area contributed by atoms with E-state index in [1.54, 1.807) is 13.0 Å². The first kappa shape index (κ1) is 17.6. The average Bonchev–Trinajstić information content (AvgIpc) is 3.19. The Hall–Kier alpha value is -2.26. The summed E-state index contributed by atoms with van der Waals surface area (Å²) in [5.74, 6) is 2.40. The van der Waals surface area contributed by atoms with Gasteiger partial charge in [0.25, 0.3) is 0 Å². The molecule has 1 saturated heterocycles. The molecule has 3 heterocycles. The Kier molecular flexibility index (Phi) is 5.44. The number of hydrogen-bond acceptors (Lipinski definition) is 9. The third kappa shape index (κ3) is 4.05. The minimum Gasteiger partial charge on any atom is -0.478 e. The zero-order valence-corrected chi connectivity index (χ0v) is 14.8.